The number of carbonyl (C=O) groups excluding carboxylic acids is 1. The summed E-state index contributed by atoms with van der Waals surface area (Å²) in [6.45, 7) is 11.5. The lowest BCUT2D eigenvalue weighted by Gasteiger charge is -2.28. The number of aliphatic imine (C=N–C) groups is 1. The van der Waals surface area contributed by atoms with Gasteiger partial charge in [0.2, 0.25) is 5.91 Å². The number of rotatable bonds is 7. The molecule has 1 aliphatic carbocycles. The van der Waals surface area contributed by atoms with E-state index in [9.17, 15) is 4.79 Å². The molecule has 1 amide bonds. The molecule has 0 aromatic rings. The molecule has 2 heterocycles. The van der Waals surface area contributed by atoms with Gasteiger partial charge >= 0.3 is 0 Å². The van der Waals surface area contributed by atoms with Crippen LogP contribution in [-0.2, 0) is 4.79 Å². The molecule has 6 nitrogen and oxygen atoms in total. The number of halogens is 1. The van der Waals surface area contributed by atoms with E-state index in [-0.39, 0.29) is 29.9 Å². The minimum atomic E-state index is 0. The van der Waals surface area contributed by atoms with Crippen molar-refractivity contribution in [3.63, 3.8) is 0 Å². The lowest BCUT2D eigenvalue weighted by atomic mass is 9.88. The van der Waals surface area contributed by atoms with E-state index in [0.717, 1.165) is 57.9 Å². The van der Waals surface area contributed by atoms with Gasteiger partial charge in [0.25, 0.3) is 0 Å². The maximum Gasteiger partial charge on any atom is 0.225 e. The van der Waals surface area contributed by atoms with Gasteiger partial charge in [0.1, 0.15) is 0 Å². The van der Waals surface area contributed by atoms with E-state index in [0.29, 0.717) is 17.9 Å². The minimum absolute atomic E-state index is 0. The topological polar surface area (TPSA) is 60.0 Å². The second-order valence-electron chi connectivity index (χ2n) is 9.44. The number of guanidine groups is 1. The normalized spacial score (nSPS) is 24.9. The molecular formula is C23H44IN5O. The van der Waals surface area contributed by atoms with Crippen LogP contribution in [0.5, 0.6) is 0 Å². The highest BCUT2D eigenvalue weighted by molar-refractivity contribution is 14.0. The summed E-state index contributed by atoms with van der Waals surface area (Å²) >= 11 is 0. The highest BCUT2D eigenvalue weighted by Gasteiger charge is 2.31. The summed E-state index contributed by atoms with van der Waals surface area (Å²) in [5, 5.41) is 6.99. The van der Waals surface area contributed by atoms with E-state index >= 15 is 0 Å². The number of nitrogens with one attached hydrogen (secondary N) is 2. The fourth-order valence-corrected chi connectivity index (χ4v) is 5.09. The van der Waals surface area contributed by atoms with Crippen LogP contribution in [-0.4, -0.2) is 73.5 Å². The molecule has 2 unspecified atom stereocenters. The fraction of sp³-hybridized carbons (Fsp3) is 0.913. The zero-order chi connectivity index (χ0) is 20.5. The first-order valence-corrected chi connectivity index (χ1v) is 12.2. The third-order valence-corrected chi connectivity index (χ3v) is 6.72. The van der Waals surface area contributed by atoms with Crippen molar-refractivity contribution in [2.75, 3.05) is 45.8 Å². The van der Waals surface area contributed by atoms with Crippen molar-refractivity contribution in [1.29, 1.82) is 0 Å². The summed E-state index contributed by atoms with van der Waals surface area (Å²) in [6.07, 6.45) is 11.0. The molecule has 7 heteroatoms. The molecule has 2 N–H and O–H groups in total. The number of carbonyl (C=O) groups is 1. The van der Waals surface area contributed by atoms with E-state index in [1.165, 1.54) is 51.6 Å². The number of nitrogens with zero attached hydrogens (tertiary/aromatic N) is 3. The van der Waals surface area contributed by atoms with Gasteiger partial charge in [-0.25, -0.2) is 0 Å². The summed E-state index contributed by atoms with van der Waals surface area (Å²) < 4.78 is 0. The van der Waals surface area contributed by atoms with Crippen LogP contribution in [0.4, 0.5) is 0 Å². The average Bonchev–Trinajstić information content (AvgIpc) is 3.21. The smallest absolute Gasteiger partial charge is 0.225 e. The van der Waals surface area contributed by atoms with Gasteiger partial charge in [-0.2, -0.15) is 0 Å². The van der Waals surface area contributed by atoms with Gasteiger partial charge in [-0.1, -0.05) is 32.6 Å². The zero-order valence-electron chi connectivity index (χ0n) is 19.2. The molecule has 3 aliphatic rings. The van der Waals surface area contributed by atoms with Crippen molar-refractivity contribution in [1.82, 2.24) is 20.4 Å². The first-order chi connectivity index (χ1) is 14.2. The van der Waals surface area contributed by atoms with E-state index in [4.69, 9.17) is 4.99 Å². The van der Waals surface area contributed by atoms with Crippen LogP contribution in [0.3, 0.4) is 0 Å². The molecule has 30 heavy (non-hydrogen) atoms. The Labute approximate surface area is 201 Å². The molecule has 0 radical (unpaired) electrons. The average molecular weight is 534 g/mol. The van der Waals surface area contributed by atoms with Gasteiger partial charge in [-0.05, 0) is 58.0 Å². The monoisotopic (exact) mass is 533 g/mol. The summed E-state index contributed by atoms with van der Waals surface area (Å²) in [4.78, 5) is 22.4. The van der Waals surface area contributed by atoms with Crippen LogP contribution in [0.2, 0.25) is 0 Å². The van der Waals surface area contributed by atoms with Gasteiger partial charge < -0.3 is 20.4 Å². The SMILES string of the molecule is CCNC(=NCC(C)CN1CCCCC1)NC1CCN(C(=O)C2CCCCC2)C1.I. The highest BCUT2D eigenvalue weighted by Crippen LogP contribution is 2.26. The van der Waals surface area contributed by atoms with Gasteiger partial charge in [0, 0.05) is 44.7 Å². The van der Waals surface area contributed by atoms with Crippen molar-refractivity contribution in [2.24, 2.45) is 16.8 Å². The molecule has 2 aliphatic heterocycles. The molecule has 2 atom stereocenters. The van der Waals surface area contributed by atoms with Gasteiger partial charge in [-0.15, -0.1) is 24.0 Å². The predicted octanol–water partition coefficient (Wildman–Crippen LogP) is 3.46. The molecule has 1 saturated carbocycles. The van der Waals surface area contributed by atoms with Crippen LogP contribution in [0.25, 0.3) is 0 Å². The first-order valence-electron chi connectivity index (χ1n) is 12.2. The molecule has 0 aromatic heterocycles. The largest absolute Gasteiger partial charge is 0.357 e. The zero-order valence-corrected chi connectivity index (χ0v) is 21.5. The summed E-state index contributed by atoms with van der Waals surface area (Å²) in [5.74, 6) is 2.15. The second kappa shape index (κ2) is 13.8. The van der Waals surface area contributed by atoms with Crippen molar-refractivity contribution < 1.29 is 4.79 Å². The third-order valence-electron chi connectivity index (χ3n) is 6.72. The number of hydrogen-bond donors (Lipinski definition) is 2. The second-order valence-corrected chi connectivity index (χ2v) is 9.44. The Morgan fingerprint density at radius 2 is 1.73 bits per heavy atom. The molecule has 0 bridgehead atoms. The Hall–Kier alpha value is -0.570. The molecule has 0 spiro atoms. The number of hydrogen-bond acceptors (Lipinski definition) is 3. The molecular weight excluding hydrogens is 489 g/mol. The van der Waals surface area contributed by atoms with E-state index in [1.54, 1.807) is 0 Å². The van der Waals surface area contributed by atoms with Gasteiger partial charge in [0.15, 0.2) is 5.96 Å². The fourth-order valence-electron chi connectivity index (χ4n) is 5.09. The summed E-state index contributed by atoms with van der Waals surface area (Å²) in [5.41, 5.74) is 0. The van der Waals surface area contributed by atoms with Crippen molar-refractivity contribution in [3.8, 4) is 0 Å². The van der Waals surface area contributed by atoms with Crippen LogP contribution in [0.1, 0.15) is 71.6 Å². The van der Waals surface area contributed by atoms with Crippen LogP contribution in [0.15, 0.2) is 4.99 Å². The highest BCUT2D eigenvalue weighted by atomic mass is 127. The number of likely N-dealkylation sites (tertiary alicyclic amines) is 2. The minimum Gasteiger partial charge on any atom is -0.357 e. The lowest BCUT2D eigenvalue weighted by molar-refractivity contribution is -0.135. The Balaban J connectivity index is 0.00000320. The van der Waals surface area contributed by atoms with Gasteiger partial charge in [0.05, 0.1) is 0 Å². The molecule has 0 aromatic carbocycles. The lowest BCUT2D eigenvalue weighted by Crippen LogP contribution is -2.46. The summed E-state index contributed by atoms with van der Waals surface area (Å²) in [6, 6.07) is 0.317. The molecule has 2 saturated heterocycles. The van der Waals surface area contributed by atoms with Gasteiger partial charge in [-0.3, -0.25) is 9.79 Å². The molecule has 174 valence electrons. The van der Waals surface area contributed by atoms with Crippen molar-refractivity contribution in [2.45, 2.75) is 77.7 Å². The predicted molar refractivity (Wildman–Crippen MR) is 136 cm³/mol. The number of piperidine rings is 1. The number of amides is 1. The molecule has 3 rings (SSSR count). The van der Waals surface area contributed by atoms with Crippen LogP contribution >= 0.6 is 24.0 Å². The maximum atomic E-state index is 12.8. The standard InChI is InChI=1S/C23H43N5O.HI/c1-3-24-23(25-16-19(2)17-27-13-8-5-9-14-27)26-21-12-15-28(18-21)22(29)20-10-6-4-7-11-20;/h19-21H,3-18H2,1-2H3,(H2,24,25,26);1H. The van der Waals surface area contributed by atoms with E-state index < -0.39 is 0 Å². The molecule has 3 fully saturated rings. The van der Waals surface area contributed by atoms with Crippen molar-refractivity contribution in [3.05, 3.63) is 0 Å². The quantitative estimate of drug-likeness (QED) is 0.299. The Morgan fingerprint density at radius 1 is 1.03 bits per heavy atom. The summed E-state index contributed by atoms with van der Waals surface area (Å²) in [7, 11) is 0. The Bertz CT molecular complexity index is 532. The first kappa shape index (κ1) is 25.7. The Morgan fingerprint density at radius 3 is 2.43 bits per heavy atom. The maximum absolute atomic E-state index is 12.8. The Kier molecular flexibility index (Phi) is 11.8. The third kappa shape index (κ3) is 8.17. The van der Waals surface area contributed by atoms with E-state index in [1.807, 2.05) is 0 Å². The van der Waals surface area contributed by atoms with E-state index in [2.05, 4.69) is 34.3 Å². The van der Waals surface area contributed by atoms with Crippen LogP contribution in [0, 0.1) is 11.8 Å². The van der Waals surface area contributed by atoms with Crippen LogP contribution < -0.4 is 10.6 Å². The van der Waals surface area contributed by atoms with Crippen molar-refractivity contribution >= 4 is 35.8 Å².